The number of piperazine rings is 1. The topological polar surface area (TPSA) is 38.7 Å². The van der Waals surface area contributed by atoms with Crippen LogP contribution in [-0.4, -0.2) is 72.9 Å². The van der Waals surface area contributed by atoms with Gasteiger partial charge in [0, 0.05) is 31.2 Å². The summed E-state index contributed by atoms with van der Waals surface area (Å²) in [5.41, 5.74) is -0.0931. The van der Waals surface area contributed by atoms with E-state index < -0.39 is 0 Å². The first-order valence-corrected chi connectivity index (χ1v) is 7.79. The first-order valence-electron chi connectivity index (χ1n) is 7.79. The van der Waals surface area contributed by atoms with E-state index in [0.717, 1.165) is 13.0 Å². The molecule has 0 aromatic heterocycles. The second kappa shape index (κ2) is 8.20. The molecule has 0 bridgehead atoms. The first kappa shape index (κ1) is 16.9. The summed E-state index contributed by atoms with van der Waals surface area (Å²) in [6.07, 6.45) is 3.48. The third-order valence-corrected chi connectivity index (χ3v) is 4.45. The molecule has 4 nitrogen and oxygen atoms in total. The first-order chi connectivity index (χ1) is 9.00. The van der Waals surface area contributed by atoms with Crippen molar-refractivity contribution >= 4 is 0 Å². The van der Waals surface area contributed by atoms with Crippen molar-refractivity contribution in [3.8, 4) is 0 Å². The van der Waals surface area contributed by atoms with E-state index in [1.165, 1.54) is 39.0 Å². The largest absolute Gasteiger partial charge is 0.394 e. The summed E-state index contributed by atoms with van der Waals surface area (Å²) >= 11 is 0. The quantitative estimate of drug-likeness (QED) is 0.650. The molecule has 0 saturated carbocycles. The number of nitrogens with zero attached hydrogens (tertiary/aromatic N) is 2. The van der Waals surface area contributed by atoms with Crippen LogP contribution in [0.4, 0.5) is 0 Å². The summed E-state index contributed by atoms with van der Waals surface area (Å²) in [6, 6.07) is 0.679. The van der Waals surface area contributed by atoms with E-state index >= 15 is 0 Å². The number of likely N-dealkylation sites (N-methyl/N-ethyl adjacent to an activating group) is 2. The average molecular weight is 271 g/mol. The van der Waals surface area contributed by atoms with Gasteiger partial charge in [0.2, 0.25) is 0 Å². The molecule has 114 valence electrons. The minimum absolute atomic E-state index is 0.0931. The predicted molar refractivity (Wildman–Crippen MR) is 81.6 cm³/mol. The lowest BCUT2D eigenvalue weighted by atomic mass is 9.95. The highest BCUT2D eigenvalue weighted by atomic mass is 16.3. The van der Waals surface area contributed by atoms with Crippen LogP contribution in [0, 0.1) is 0 Å². The highest BCUT2D eigenvalue weighted by Crippen LogP contribution is 2.14. The maximum atomic E-state index is 9.45. The van der Waals surface area contributed by atoms with Crippen molar-refractivity contribution in [1.29, 1.82) is 0 Å². The molecule has 0 aliphatic carbocycles. The standard InChI is InChI=1S/C15H33N3O/c1-5-16-15(3,13-19)8-6-7-9-18-11-10-17(4)14(2)12-18/h14,16,19H,5-13H2,1-4H3. The van der Waals surface area contributed by atoms with Crippen molar-refractivity contribution in [2.45, 2.75) is 51.6 Å². The van der Waals surface area contributed by atoms with Crippen LogP contribution in [0.25, 0.3) is 0 Å². The summed E-state index contributed by atoms with van der Waals surface area (Å²) in [6.45, 7) is 12.5. The van der Waals surface area contributed by atoms with E-state index in [1.54, 1.807) is 0 Å². The normalized spacial score (nSPS) is 25.4. The second-order valence-electron chi connectivity index (χ2n) is 6.34. The number of rotatable bonds is 8. The highest BCUT2D eigenvalue weighted by molar-refractivity contribution is 4.82. The summed E-state index contributed by atoms with van der Waals surface area (Å²) < 4.78 is 0. The number of aliphatic hydroxyl groups is 1. The molecule has 1 aliphatic rings. The maximum absolute atomic E-state index is 9.45. The molecule has 2 unspecified atom stereocenters. The van der Waals surface area contributed by atoms with Gasteiger partial charge in [0.05, 0.1) is 6.61 Å². The van der Waals surface area contributed by atoms with Gasteiger partial charge in [-0.25, -0.2) is 0 Å². The zero-order chi connectivity index (χ0) is 14.3. The molecule has 4 heteroatoms. The third-order valence-electron chi connectivity index (χ3n) is 4.45. The Morgan fingerprint density at radius 2 is 2.05 bits per heavy atom. The lowest BCUT2D eigenvalue weighted by Gasteiger charge is -2.37. The van der Waals surface area contributed by atoms with Crippen molar-refractivity contribution < 1.29 is 5.11 Å². The molecule has 1 aliphatic heterocycles. The van der Waals surface area contributed by atoms with Crippen LogP contribution in [0.5, 0.6) is 0 Å². The minimum Gasteiger partial charge on any atom is -0.394 e. The number of hydrogen-bond acceptors (Lipinski definition) is 4. The Labute approximate surface area is 119 Å². The van der Waals surface area contributed by atoms with Crippen LogP contribution >= 0.6 is 0 Å². The summed E-state index contributed by atoms with van der Waals surface area (Å²) in [5.74, 6) is 0. The van der Waals surface area contributed by atoms with Gasteiger partial charge in [-0.15, -0.1) is 0 Å². The van der Waals surface area contributed by atoms with Crippen molar-refractivity contribution in [3.05, 3.63) is 0 Å². The number of nitrogens with one attached hydrogen (secondary N) is 1. The fourth-order valence-electron chi connectivity index (χ4n) is 2.83. The van der Waals surface area contributed by atoms with Gasteiger partial charge in [0.25, 0.3) is 0 Å². The van der Waals surface area contributed by atoms with Gasteiger partial charge < -0.3 is 20.2 Å². The van der Waals surface area contributed by atoms with E-state index in [1.807, 2.05) is 0 Å². The molecule has 1 rings (SSSR count). The molecule has 2 N–H and O–H groups in total. The van der Waals surface area contributed by atoms with Crippen molar-refractivity contribution in [2.24, 2.45) is 0 Å². The summed E-state index contributed by atoms with van der Waals surface area (Å²) in [4.78, 5) is 5.01. The van der Waals surface area contributed by atoms with E-state index in [4.69, 9.17) is 0 Å². The second-order valence-corrected chi connectivity index (χ2v) is 6.34. The lowest BCUT2D eigenvalue weighted by molar-refractivity contribution is 0.102. The third kappa shape index (κ3) is 5.78. The van der Waals surface area contributed by atoms with Gasteiger partial charge in [0.1, 0.15) is 0 Å². The SMILES string of the molecule is CCNC(C)(CO)CCCCN1CCN(C)C(C)C1. The Balaban J connectivity index is 2.17. The van der Waals surface area contributed by atoms with E-state index in [0.29, 0.717) is 6.04 Å². The molecule has 0 amide bonds. The van der Waals surface area contributed by atoms with Gasteiger partial charge in [-0.2, -0.15) is 0 Å². The van der Waals surface area contributed by atoms with Gasteiger partial charge in [0.15, 0.2) is 0 Å². The monoisotopic (exact) mass is 271 g/mol. The Bertz CT molecular complexity index is 250. The van der Waals surface area contributed by atoms with Crippen molar-refractivity contribution in [1.82, 2.24) is 15.1 Å². The Morgan fingerprint density at radius 3 is 2.63 bits per heavy atom. The van der Waals surface area contributed by atoms with Gasteiger partial charge in [-0.1, -0.05) is 13.3 Å². The molecule has 0 aromatic carbocycles. The molecular formula is C15H33N3O. The molecule has 1 saturated heterocycles. The zero-order valence-corrected chi connectivity index (χ0v) is 13.3. The molecular weight excluding hydrogens is 238 g/mol. The fraction of sp³-hybridized carbons (Fsp3) is 1.00. The molecule has 0 radical (unpaired) electrons. The maximum Gasteiger partial charge on any atom is 0.0610 e. The van der Waals surface area contributed by atoms with Crippen molar-refractivity contribution in [2.75, 3.05) is 46.4 Å². The van der Waals surface area contributed by atoms with Crippen LogP contribution in [0.3, 0.4) is 0 Å². The van der Waals surface area contributed by atoms with Crippen LogP contribution in [0.2, 0.25) is 0 Å². The van der Waals surface area contributed by atoms with Crippen LogP contribution < -0.4 is 5.32 Å². The van der Waals surface area contributed by atoms with Gasteiger partial charge in [-0.3, -0.25) is 0 Å². The number of aliphatic hydroxyl groups excluding tert-OH is 1. The number of hydrogen-bond donors (Lipinski definition) is 2. The number of unbranched alkanes of at least 4 members (excludes halogenated alkanes) is 1. The van der Waals surface area contributed by atoms with Gasteiger partial charge in [-0.05, 0) is 46.8 Å². The van der Waals surface area contributed by atoms with Crippen LogP contribution in [0.15, 0.2) is 0 Å². The van der Waals surface area contributed by atoms with Crippen LogP contribution in [0.1, 0.15) is 40.0 Å². The Morgan fingerprint density at radius 1 is 1.32 bits per heavy atom. The average Bonchev–Trinajstić information content (AvgIpc) is 2.39. The van der Waals surface area contributed by atoms with E-state index in [-0.39, 0.29) is 12.1 Å². The molecule has 1 fully saturated rings. The molecule has 0 aromatic rings. The molecule has 19 heavy (non-hydrogen) atoms. The summed E-state index contributed by atoms with van der Waals surface area (Å²) in [7, 11) is 2.21. The van der Waals surface area contributed by atoms with Crippen molar-refractivity contribution in [3.63, 3.8) is 0 Å². The van der Waals surface area contributed by atoms with Gasteiger partial charge >= 0.3 is 0 Å². The highest BCUT2D eigenvalue weighted by Gasteiger charge is 2.22. The molecule has 1 heterocycles. The summed E-state index contributed by atoms with van der Waals surface area (Å²) in [5, 5.41) is 12.8. The molecule has 2 atom stereocenters. The minimum atomic E-state index is -0.0931. The lowest BCUT2D eigenvalue weighted by Crippen LogP contribution is -2.50. The fourth-order valence-corrected chi connectivity index (χ4v) is 2.83. The van der Waals surface area contributed by atoms with E-state index in [9.17, 15) is 5.11 Å². The molecule has 0 spiro atoms. The Hall–Kier alpha value is -0.160. The van der Waals surface area contributed by atoms with E-state index in [2.05, 4.69) is 42.9 Å². The van der Waals surface area contributed by atoms with Crippen LogP contribution in [-0.2, 0) is 0 Å². The smallest absolute Gasteiger partial charge is 0.0610 e. The Kier molecular flexibility index (Phi) is 7.29. The zero-order valence-electron chi connectivity index (χ0n) is 13.3. The predicted octanol–water partition coefficient (Wildman–Crippen LogP) is 1.15.